The van der Waals surface area contributed by atoms with Crippen LogP contribution in [-0.2, 0) is 23.9 Å². The van der Waals surface area contributed by atoms with Crippen molar-refractivity contribution in [1.29, 1.82) is 0 Å². The van der Waals surface area contributed by atoms with E-state index in [9.17, 15) is 39.6 Å². The minimum atomic E-state index is -2.31. The van der Waals surface area contributed by atoms with Crippen molar-refractivity contribution in [1.82, 2.24) is 10.2 Å². The van der Waals surface area contributed by atoms with Crippen LogP contribution in [0.2, 0.25) is 0 Å². The zero-order chi connectivity index (χ0) is 43.7. The van der Waals surface area contributed by atoms with Crippen LogP contribution in [0, 0.1) is 5.92 Å². The molecule has 59 heavy (non-hydrogen) atoms. The molecule has 2 amide bonds. The van der Waals surface area contributed by atoms with Gasteiger partial charge in [-0.1, -0.05) is 174 Å². The fourth-order valence-electron chi connectivity index (χ4n) is 8.27. The van der Waals surface area contributed by atoms with Gasteiger partial charge in [0, 0.05) is 25.8 Å². The van der Waals surface area contributed by atoms with Gasteiger partial charge in [-0.25, -0.2) is 0 Å². The van der Waals surface area contributed by atoms with Crippen molar-refractivity contribution in [2.45, 2.75) is 243 Å². The summed E-state index contributed by atoms with van der Waals surface area (Å²) in [6.45, 7) is 2.93. The van der Waals surface area contributed by atoms with Gasteiger partial charge in [0.05, 0.1) is 19.3 Å². The Bertz CT molecular complexity index is 1110. The predicted molar refractivity (Wildman–Crippen MR) is 232 cm³/mol. The molecule has 6 atom stereocenters. The summed E-state index contributed by atoms with van der Waals surface area (Å²) in [5.74, 6) is -7.23. The lowest BCUT2D eigenvalue weighted by atomic mass is 9.80. The summed E-state index contributed by atoms with van der Waals surface area (Å²) >= 11 is 0. The number of ketones is 1. The van der Waals surface area contributed by atoms with Crippen molar-refractivity contribution in [3.05, 3.63) is 0 Å². The van der Waals surface area contributed by atoms with Crippen LogP contribution >= 0.6 is 0 Å². The number of carbonyl (C=O) groups is 4. The number of carboxylic acids is 1. The Kier molecular flexibility index (Phi) is 32.0. The molecule has 1 heterocycles. The van der Waals surface area contributed by atoms with Crippen molar-refractivity contribution in [3.8, 4) is 0 Å². The van der Waals surface area contributed by atoms with Crippen LogP contribution in [0.1, 0.15) is 213 Å². The second-order valence-electron chi connectivity index (χ2n) is 17.1. The lowest BCUT2D eigenvalue weighted by Crippen LogP contribution is -2.76. The van der Waals surface area contributed by atoms with Gasteiger partial charge in [-0.05, 0) is 19.3 Å². The Morgan fingerprint density at radius 1 is 0.610 bits per heavy atom. The van der Waals surface area contributed by atoms with Crippen LogP contribution in [0.15, 0.2) is 0 Å². The predicted octanol–water partition coefficient (Wildman–Crippen LogP) is 7.42. The number of Topliss-reactive ketones (excluding diaryl/α,β-unsaturated/α-hetero) is 1. The van der Waals surface area contributed by atoms with Gasteiger partial charge < -0.3 is 40.5 Å². The van der Waals surface area contributed by atoms with E-state index in [-0.39, 0.29) is 38.1 Å². The molecule has 0 unspecified atom stereocenters. The Morgan fingerprint density at radius 2 is 1.03 bits per heavy atom. The number of ether oxygens (including phenoxy) is 1. The third kappa shape index (κ3) is 23.0. The first-order chi connectivity index (χ1) is 28.5. The SMILES string of the molecule is CCCCCCCCCCCCCCCCCC(=O)N(CCCCCCCCCCCCCC)[C@]1(N)O[C@H](CO)[C@@H](O)[C@H](O)[C@H]1C(=O)[C@H](CO)NC(=O)CCCC(=O)O. The smallest absolute Gasteiger partial charge is 0.303 e. The molecule has 0 bridgehead atoms. The van der Waals surface area contributed by atoms with Gasteiger partial charge in [0.1, 0.15) is 24.2 Å². The molecule has 8 N–H and O–H groups in total. The maximum absolute atomic E-state index is 14.1. The molecule has 0 aliphatic carbocycles. The molecule has 1 aliphatic rings. The van der Waals surface area contributed by atoms with Gasteiger partial charge in [0.25, 0.3) is 0 Å². The standard InChI is InChI=1S/C46H87N3O10/c1-3-5-7-9-11-13-15-17-18-19-20-22-24-26-28-32-40(53)49(34-29-27-25-23-21-16-14-12-10-8-6-4-2)46(47)42(45(58)44(57)38(36-51)59-46)43(56)37(35-50)48-39(52)31-30-33-41(54)55/h37-38,42,44-45,50-51,57-58H,3-36,47H2,1-2H3,(H,48,52)(H,54,55)/t37-,38+,42+,44+,45+,46-/m0/s1. The molecule has 1 saturated heterocycles. The van der Waals surface area contributed by atoms with Crippen molar-refractivity contribution in [2.24, 2.45) is 11.7 Å². The number of hydrogen-bond donors (Lipinski definition) is 7. The molecule has 13 heteroatoms. The number of nitrogens with zero attached hydrogens (tertiary/aromatic N) is 1. The minimum Gasteiger partial charge on any atom is -0.481 e. The molecule has 1 aliphatic heterocycles. The highest BCUT2D eigenvalue weighted by Crippen LogP contribution is 2.37. The molecule has 13 nitrogen and oxygen atoms in total. The van der Waals surface area contributed by atoms with Crippen LogP contribution in [0.4, 0.5) is 0 Å². The van der Waals surface area contributed by atoms with Gasteiger partial charge >= 0.3 is 5.97 Å². The number of carbonyl (C=O) groups excluding carboxylic acids is 3. The first kappa shape index (κ1) is 54.9. The molecular weight excluding hydrogens is 755 g/mol. The summed E-state index contributed by atoms with van der Waals surface area (Å²) in [7, 11) is 0. The number of carboxylic acid groups (broad SMARTS) is 1. The number of aliphatic carboxylic acids is 1. The highest BCUT2D eigenvalue weighted by atomic mass is 16.6. The van der Waals surface area contributed by atoms with Crippen molar-refractivity contribution >= 4 is 23.6 Å². The lowest BCUT2D eigenvalue weighted by molar-refractivity contribution is -0.292. The number of amides is 2. The van der Waals surface area contributed by atoms with Crippen LogP contribution in [0.3, 0.4) is 0 Å². The average molecular weight is 842 g/mol. The summed E-state index contributed by atoms with van der Waals surface area (Å²) in [5.41, 5.74) is 6.92. The maximum atomic E-state index is 14.1. The topological polar surface area (TPSA) is 220 Å². The van der Waals surface area contributed by atoms with E-state index in [4.69, 9.17) is 15.6 Å². The fourth-order valence-corrected chi connectivity index (χ4v) is 8.27. The summed E-state index contributed by atoms with van der Waals surface area (Å²) in [4.78, 5) is 53.1. The second kappa shape index (κ2) is 34.4. The molecule has 346 valence electrons. The molecule has 0 aromatic heterocycles. The van der Waals surface area contributed by atoms with Crippen molar-refractivity contribution in [3.63, 3.8) is 0 Å². The normalized spacial score (nSPS) is 21.0. The number of rotatable bonds is 39. The zero-order valence-electron chi connectivity index (χ0n) is 37.2. The lowest BCUT2D eigenvalue weighted by Gasteiger charge is -2.53. The first-order valence-electron chi connectivity index (χ1n) is 23.9. The van der Waals surface area contributed by atoms with Gasteiger partial charge in [0.15, 0.2) is 5.78 Å². The summed E-state index contributed by atoms with van der Waals surface area (Å²) in [6, 6.07) is -1.59. The zero-order valence-corrected chi connectivity index (χ0v) is 37.2. The average Bonchev–Trinajstić information content (AvgIpc) is 3.21. The Labute approximate surface area is 357 Å². The molecular formula is C46H87N3O10. The quantitative estimate of drug-likeness (QED) is 0.0238. The monoisotopic (exact) mass is 842 g/mol. The third-order valence-corrected chi connectivity index (χ3v) is 12.0. The number of aliphatic hydroxyl groups excluding tert-OH is 4. The van der Waals surface area contributed by atoms with E-state index in [1.807, 2.05) is 0 Å². The molecule has 1 rings (SSSR count). The van der Waals surface area contributed by atoms with E-state index in [2.05, 4.69) is 19.2 Å². The third-order valence-electron chi connectivity index (χ3n) is 12.0. The molecule has 0 radical (unpaired) electrons. The largest absolute Gasteiger partial charge is 0.481 e. The van der Waals surface area contributed by atoms with E-state index in [1.165, 1.54) is 114 Å². The van der Waals surface area contributed by atoms with Crippen LogP contribution in [0.25, 0.3) is 0 Å². The van der Waals surface area contributed by atoms with Crippen LogP contribution in [-0.4, -0.2) is 104 Å². The van der Waals surface area contributed by atoms with E-state index >= 15 is 0 Å². The summed E-state index contributed by atoms with van der Waals surface area (Å²) in [6.07, 6.45) is 25.4. The molecule has 0 aromatic carbocycles. The maximum Gasteiger partial charge on any atom is 0.303 e. The van der Waals surface area contributed by atoms with Gasteiger partial charge in [-0.15, -0.1) is 0 Å². The van der Waals surface area contributed by atoms with Crippen molar-refractivity contribution in [2.75, 3.05) is 19.8 Å². The number of aliphatic hydroxyl groups is 4. The van der Waals surface area contributed by atoms with Crippen LogP contribution < -0.4 is 11.1 Å². The number of unbranched alkanes of at least 4 members (excludes halogenated alkanes) is 25. The van der Waals surface area contributed by atoms with E-state index < -0.39 is 67.0 Å². The second-order valence-corrected chi connectivity index (χ2v) is 17.1. The Morgan fingerprint density at radius 3 is 1.44 bits per heavy atom. The Hall–Kier alpha value is -2.16. The minimum absolute atomic E-state index is 0.00102. The number of nitrogens with two attached hydrogens (primary N) is 1. The van der Waals surface area contributed by atoms with Gasteiger partial charge in [-0.2, -0.15) is 0 Å². The Balaban J connectivity index is 2.96. The van der Waals surface area contributed by atoms with Gasteiger partial charge in [-0.3, -0.25) is 24.9 Å². The molecule has 1 fully saturated rings. The highest BCUT2D eigenvalue weighted by Gasteiger charge is 2.59. The van der Waals surface area contributed by atoms with E-state index in [1.54, 1.807) is 0 Å². The summed E-state index contributed by atoms with van der Waals surface area (Å²) < 4.78 is 6.04. The number of nitrogens with one attached hydrogen (secondary N) is 1. The molecule has 0 aromatic rings. The van der Waals surface area contributed by atoms with E-state index in [0.29, 0.717) is 12.8 Å². The number of hydrogen-bond acceptors (Lipinski definition) is 10. The summed E-state index contributed by atoms with van der Waals surface area (Å²) in [5, 5.41) is 54.0. The first-order valence-corrected chi connectivity index (χ1v) is 23.9. The van der Waals surface area contributed by atoms with Crippen molar-refractivity contribution < 1.29 is 49.4 Å². The van der Waals surface area contributed by atoms with Crippen LogP contribution in [0.5, 0.6) is 0 Å². The fraction of sp³-hybridized carbons (Fsp3) is 0.913. The van der Waals surface area contributed by atoms with E-state index in [0.717, 1.165) is 51.4 Å². The van der Waals surface area contributed by atoms with Gasteiger partial charge in [0.2, 0.25) is 17.7 Å². The molecule has 0 saturated carbocycles. The molecule has 0 spiro atoms. The highest BCUT2D eigenvalue weighted by molar-refractivity contribution is 5.92.